The Morgan fingerprint density at radius 2 is 2.35 bits per heavy atom. The predicted molar refractivity (Wildman–Crippen MR) is 82.4 cm³/mol. The molecule has 0 bridgehead atoms. The van der Waals surface area contributed by atoms with Crippen molar-refractivity contribution in [3.05, 3.63) is 45.4 Å². The molecule has 106 valence electrons. The van der Waals surface area contributed by atoms with Crippen molar-refractivity contribution in [2.24, 2.45) is 0 Å². The van der Waals surface area contributed by atoms with Crippen molar-refractivity contribution in [1.82, 2.24) is 10.3 Å². The van der Waals surface area contributed by atoms with Gasteiger partial charge in [0.2, 0.25) is 0 Å². The Morgan fingerprint density at radius 1 is 1.45 bits per heavy atom. The fourth-order valence-electron chi connectivity index (χ4n) is 2.82. The monoisotopic (exact) mass is 288 g/mol. The molecule has 20 heavy (non-hydrogen) atoms. The minimum atomic E-state index is 0.487. The number of fused-ring (bicyclic) bond motifs is 1. The van der Waals surface area contributed by atoms with E-state index in [0.717, 1.165) is 29.4 Å². The highest BCUT2D eigenvalue weighted by Crippen LogP contribution is 2.37. The summed E-state index contributed by atoms with van der Waals surface area (Å²) < 4.78 is 5.99. The minimum Gasteiger partial charge on any atom is -0.486 e. The molecule has 0 amide bonds. The van der Waals surface area contributed by atoms with Crippen LogP contribution in [0.1, 0.15) is 41.2 Å². The fourth-order valence-corrected chi connectivity index (χ4v) is 3.51. The third-order valence-electron chi connectivity index (χ3n) is 3.70. The van der Waals surface area contributed by atoms with E-state index < -0.39 is 0 Å². The number of aryl methyl sites for hydroxylation is 1. The summed E-state index contributed by atoms with van der Waals surface area (Å²) in [5.74, 6) is 1.02. The Bertz CT molecular complexity index is 594. The molecule has 0 spiro atoms. The van der Waals surface area contributed by atoms with E-state index in [1.54, 1.807) is 11.3 Å². The number of hydrogen-bond donors (Lipinski definition) is 1. The Kier molecular flexibility index (Phi) is 4.03. The molecule has 1 atom stereocenters. The van der Waals surface area contributed by atoms with Gasteiger partial charge in [0.05, 0.1) is 0 Å². The summed E-state index contributed by atoms with van der Waals surface area (Å²) in [4.78, 5) is 4.44. The summed E-state index contributed by atoms with van der Waals surface area (Å²) in [6, 6.07) is 6.88. The third kappa shape index (κ3) is 2.72. The Morgan fingerprint density at radius 3 is 3.10 bits per heavy atom. The van der Waals surface area contributed by atoms with Gasteiger partial charge >= 0.3 is 0 Å². The first-order valence-corrected chi connectivity index (χ1v) is 8.05. The van der Waals surface area contributed by atoms with E-state index in [-0.39, 0.29) is 0 Å². The molecule has 3 rings (SSSR count). The number of aromatic nitrogens is 1. The molecule has 1 unspecified atom stereocenters. The highest BCUT2D eigenvalue weighted by Gasteiger charge is 2.24. The maximum atomic E-state index is 5.99. The molecule has 3 nitrogen and oxygen atoms in total. The molecule has 0 fully saturated rings. The van der Waals surface area contributed by atoms with E-state index in [1.807, 2.05) is 6.92 Å². The zero-order valence-corrected chi connectivity index (χ0v) is 12.8. The summed E-state index contributed by atoms with van der Waals surface area (Å²) in [6.45, 7) is 5.75. The Labute approximate surface area is 124 Å². The van der Waals surface area contributed by atoms with Crippen LogP contribution in [0.5, 0.6) is 5.75 Å². The Balaban J connectivity index is 1.75. The highest BCUT2D eigenvalue weighted by atomic mass is 32.1. The lowest BCUT2D eigenvalue weighted by Gasteiger charge is -2.13. The molecule has 0 saturated carbocycles. The van der Waals surface area contributed by atoms with E-state index in [2.05, 4.69) is 40.8 Å². The fraction of sp³-hybridized carbons (Fsp3) is 0.438. The van der Waals surface area contributed by atoms with Gasteiger partial charge in [-0.2, -0.15) is 0 Å². The van der Waals surface area contributed by atoms with Crippen molar-refractivity contribution >= 4 is 11.3 Å². The summed E-state index contributed by atoms with van der Waals surface area (Å²) >= 11 is 1.66. The van der Waals surface area contributed by atoms with Crippen molar-refractivity contribution in [2.45, 2.75) is 39.3 Å². The van der Waals surface area contributed by atoms with Gasteiger partial charge in [0.1, 0.15) is 17.4 Å². The van der Waals surface area contributed by atoms with E-state index in [1.165, 1.54) is 17.5 Å². The van der Waals surface area contributed by atoms with Gasteiger partial charge in [-0.05, 0) is 43.5 Å². The minimum absolute atomic E-state index is 0.487. The van der Waals surface area contributed by atoms with Crippen LogP contribution in [0.3, 0.4) is 0 Å². The van der Waals surface area contributed by atoms with Crippen molar-refractivity contribution in [3.63, 3.8) is 0 Å². The van der Waals surface area contributed by atoms with Gasteiger partial charge < -0.3 is 10.1 Å². The lowest BCUT2D eigenvalue weighted by Crippen LogP contribution is -2.18. The SMILES string of the molecule is CCNC1CCc2c(OCc3nc(C)cs3)cccc21. The molecule has 1 heterocycles. The van der Waals surface area contributed by atoms with Crippen LogP contribution in [0.2, 0.25) is 0 Å². The van der Waals surface area contributed by atoms with Gasteiger partial charge in [0, 0.05) is 17.1 Å². The van der Waals surface area contributed by atoms with Gasteiger partial charge in [0.25, 0.3) is 0 Å². The number of ether oxygens (including phenoxy) is 1. The van der Waals surface area contributed by atoms with E-state index in [0.29, 0.717) is 12.6 Å². The summed E-state index contributed by atoms with van der Waals surface area (Å²) in [5, 5.41) is 6.65. The van der Waals surface area contributed by atoms with Gasteiger partial charge in [-0.1, -0.05) is 19.1 Å². The van der Waals surface area contributed by atoms with Gasteiger partial charge in [0.15, 0.2) is 0 Å². The topological polar surface area (TPSA) is 34.1 Å². The third-order valence-corrected chi connectivity index (χ3v) is 4.64. The predicted octanol–water partition coefficient (Wildman–Crippen LogP) is 3.63. The molecule has 4 heteroatoms. The van der Waals surface area contributed by atoms with Crippen LogP contribution < -0.4 is 10.1 Å². The molecular weight excluding hydrogens is 268 g/mol. The van der Waals surface area contributed by atoms with Gasteiger partial charge in [-0.3, -0.25) is 0 Å². The summed E-state index contributed by atoms with van der Waals surface area (Å²) in [6.07, 6.45) is 2.26. The zero-order valence-electron chi connectivity index (χ0n) is 12.0. The maximum absolute atomic E-state index is 5.99. The molecule has 1 N–H and O–H groups in total. The van der Waals surface area contributed by atoms with Crippen LogP contribution in [0.4, 0.5) is 0 Å². The van der Waals surface area contributed by atoms with Crippen molar-refractivity contribution in [2.75, 3.05) is 6.54 Å². The molecule has 2 aromatic rings. The van der Waals surface area contributed by atoms with E-state index in [9.17, 15) is 0 Å². The number of benzene rings is 1. The van der Waals surface area contributed by atoms with Crippen LogP contribution in [0.25, 0.3) is 0 Å². The van der Waals surface area contributed by atoms with Gasteiger partial charge in [-0.15, -0.1) is 11.3 Å². The standard InChI is InChI=1S/C16H20N2OS/c1-3-17-14-8-7-13-12(14)5-4-6-15(13)19-9-16-18-11(2)10-20-16/h4-6,10,14,17H,3,7-9H2,1-2H3. The first kappa shape index (κ1) is 13.6. The summed E-state index contributed by atoms with van der Waals surface area (Å²) in [5.41, 5.74) is 3.84. The number of hydrogen-bond acceptors (Lipinski definition) is 4. The Hall–Kier alpha value is -1.39. The second kappa shape index (κ2) is 5.94. The van der Waals surface area contributed by atoms with Gasteiger partial charge in [-0.25, -0.2) is 4.98 Å². The lowest BCUT2D eigenvalue weighted by molar-refractivity contribution is 0.302. The molecule has 0 aliphatic heterocycles. The van der Waals surface area contributed by atoms with Crippen molar-refractivity contribution < 1.29 is 4.74 Å². The average molecular weight is 288 g/mol. The molecule has 1 aromatic heterocycles. The second-order valence-corrected chi connectivity index (χ2v) is 6.09. The molecule has 1 aromatic carbocycles. The maximum Gasteiger partial charge on any atom is 0.140 e. The molecule has 0 saturated heterocycles. The molecular formula is C16H20N2OS. The number of nitrogens with one attached hydrogen (secondary N) is 1. The average Bonchev–Trinajstić information content (AvgIpc) is 3.04. The van der Waals surface area contributed by atoms with Crippen LogP contribution >= 0.6 is 11.3 Å². The first-order valence-electron chi connectivity index (χ1n) is 7.17. The van der Waals surface area contributed by atoms with E-state index >= 15 is 0 Å². The van der Waals surface area contributed by atoms with Crippen LogP contribution in [0, 0.1) is 6.92 Å². The summed E-state index contributed by atoms with van der Waals surface area (Å²) in [7, 11) is 0. The van der Waals surface area contributed by atoms with Crippen LogP contribution in [-0.4, -0.2) is 11.5 Å². The first-order chi connectivity index (χ1) is 9.78. The number of nitrogens with zero attached hydrogens (tertiary/aromatic N) is 1. The van der Waals surface area contributed by atoms with Crippen LogP contribution in [0.15, 0.2) is 23.6 Å². The second-order valence-electron chi connectivity index (χ2n) is 5.14. The van der Waals surface area contributed by atoms with Crippen molar-refractivity contribution in [3.8, 4) is 5.75 Å². The zero-order chi connectivity index (χ0) is 13.9. The van der Waals surface area contributed by atoms with Crippen molar-refractivity contribution in [1.29, 1.82) is 0 Å². The normalized spacial score (nSPS) is 17.2. The van der Waals surface area contributed by atoms with E-state index in [4.69, 9.17) is 4.74 Å². The largest absolute Gasteiger partial charge is 0.486 e. The van der Waals surface area contributed by atoms with Crippen LogP contribution in [-0.2, 0) is 13.0 Å². The molecule has 1 aliphatic rings. The lowest BCUT2D eigenvalue weighted by atomic mass is 10.1. The quantitative estimate of drug-likeness (QED) is 0.912. The smallest absolute Gasteiger partial charge is 0.140 e. The number of rotatable bonds is 5. The molecule has 1 aliphatic carbocycles. The highest BCUT2D eigenvalue weighted by molar-refractivity contribution is 7.09. The number of thiazole rings is 1. The molecule has 0 radical (unpaired) electrons.